The first kappa shape index (κ1) is 21.1. The van der Waals surface area contributed by atoms with E-state index in [4.69, 9.17) is 0 Å². The molecule has 29 heavy (non-hydrogen) atoms. The van der Waals surface area contributed by atoms with Gasteiger partial charge in [-0.2, -0.15) is 0 Å². The van der Waals surface area contributed by atoms with Crippen molar-refractivity contribution < 1.29 is 14.7 Å². The molecule has 154 valence electrons. The molecule has 0 bridgehead atoms. The lowest BCUT2D eigenvalue weighted by molar-refractivity contribution is -0.139. The van der Waals surface area contributed by atoms with Crippen molar-refractivity contribution in [2.24, 2.45) is 5.92 Å². The molecule has 1 amide bonds. The summed E-state index contributed by atoms with van der Waals surface area (Å²) in [7, 11) is 0. The van der Waals surface area contributed by atoms with Crippen molar-refractivity contribution in [1.29, 1.82) is 0 Å². The second kappa shape index (κ2) is 9.70. The molecule has 1 saturated heterocycles. The molecule has 1 heterocycles. The fraction of sp³-hybridized carbons (Fsp3) is 0.417. The molecule has 2 aromatic carbocycles. The standard InChI is InChI=1S/C24H30N2O3/c1-3-10-26-12-11-25(17-23(27)28)16-22(24(26)29)15-19-7-5-9-21(14-19)20-8-4-6-18(2)13-20/h4-9,13-14,22H,3,10-12,15-17H2,1-2H3,(H,27,28)/t22-/m0/s1. The van der Waals surface area contributed by atoms with Crippen molar-refractivity contribution in [3.05, 3.63) is 59.7 Å². The Balaban J connectivity index is 1.82. The molecule has 0 aromatic heterocycles. The summed E-state index contributed by atoms with van der Waals surface area (Å²) >= 11 is 0. The lowest BCUT2D eigenvalue weighted by atomic mass is 9.94. The zero-order valence-corrected chi connectivity index (χ0v) is 17.3. The van der Waals surface area contributed by atoms with Crippen molar-refractivity contribution in [2.75, 3.05) is 32.7 Å². The summed E-state index contributed by atoms with van der Waals surface area (Å²) in [6, 6.07) is 16.7. The van der Waals surface area contributed by atoms with Gasteiger partial charge in [-0.3, -0.25) is 14.5 Å². The molecule has 5 heteroatoms. The van der Waals surface area contributed by atoms with Crippen molar-refractivity contribution in [1.82, 2.24) is 9.80 Å². The van der Waals surface area contributed by atoms with Crippen molar-refractivity contribution in [3.63, 3.8) is 0 Å². The summed E-state index contributed by atoms with van der Waals surface area (Å²) in [5, 5.41) is 9.21. The van der Waals surface area contributed by atoms with Crippen LogP contribution in [-0.4, -0.2) is 59.5 Å². The number of carboxylic acid groups (broad SMARTS) is 1. The molecular weight excluding hydrogens is 364 g/mol. The molecule has 1 aliphatic rings. The third kappa shape index (κ3) is 5.67. The molecular formula is C24H30N2O3. The number of carbonyl (C=O) groups is 2. The highest BCUT2D eigenvalue weighted by molar-refractivity contribution is 5.80. The van der Waals surface area contributed by atoms with Crippen LogP contribution in [0.4, 0.5) is 0 Å². The van der Waals surface area contributed by atoms with Gasteiger partial charge in [-0.25, -0.2) is 0 Å². The summed E-state index contributed by atoms with van der Waals surface area (Å²) in [6.07, 6.45) is 1.52. The molecule has 3 rings (SSSR count). The summed E-state index contributed by atoms with van der Waals surface area (Å²) in [5.74, 6) is -0.932. The van der Waals surface area contributed by atoms with Crippen molar-refractivity contribution >= 4 is 11.9 Å². The largest absolute Gasteiger partial charge is 0.480 e. The van der Waals surface area contributed by atoms with Crippen LogP contribution < -0.4 is 0 Å². The van der Waals surface area contributed by atoms with Gasteiger partial charge >= 0.3 is 5.97 Å². The van der Waals surface area contributed by atoms with Crippen LogP contribution >= 0.6 is 0 Å². The molecule has 1 aliphatic heterocycles. The maximum absolute atomic E-state index is 13.1. The smallest absolute Gasteiger partial charge is 0.317 e. The van der Waals surface area contributed by atoms with E-state index < -0.39 is 5.97 Å². The van der Waals surface area contributed by atoms with Gasteiger partial charge in [0.1, 0.15) is 0 Å². The van der Waals surface area contributed by atoms with Gasteiger partial charge in [-0.05, 0) is 36.5 Å². The average Bonchev–Trinajstić information content (AvgIpc) is 2.82. The first-order chi connectivity index (χ1) is 14.0. The number of amides is 1. The van der Waals surface area contributed by atoms with Gasteiger partial charge in [-0.15, -0.1) is 0 Å². The predicted molar refractivity (Wildman–Crippen MR) is 115 cm³/mol. The van der Waals surface area contributed by atoms with E-state index in [1.807, 2.05) is 15.9 Å². The Morgan fingerprint density at radius 2 is 1.83 bits per heavy atom. The maximum atomic E-state index is 13.1. The topological polar surface area (TPSA) is 60.9 Å². The minimum Gasteiger partial charge on any atom is -0.480 e. The Morgan fingerprint density at radius 1 is 1.10 bits per heavy atom. The Labute approximate surface area is 172 Å². The van der Waals surface area contributed by atoms with Crippen LogP contribution in [-0.2, 0) is 16.0 Å². The van der Waals surface area contributed by atoms with Crippen LogP contribution in [0.15, 0.2) is 48.5 Å². The van der Waals surface area contributed by atoms with Crippen LogP contribution in [0.2, 0.25) is 0 Å². The number of carbonyl (C=O) groups excluding carboxylic acids is 1. The van der Waals surface area contributed by atoms with Gasteiger partial charge in [0.15, 0.2) is 0 Å². The molecule has 1 N–H and O–H groups in total. The van der Waals surface area contributed by atoms with Gasteiger partial charge in [0.05, 0.1) is 12.5 Å². The van der Waals surface area contributed by atoms with Gasteiger partial charge in [0.2, 0.25) is 5.91 Å². The normalized spacial score (nSPS) is 17.9. The molecule has 1 atom stereocenters. The highest BCUT2D eigenvalue weighted by Gasteiger charge is 2.30. The van der Waals surface area contributed by atoms with Crippen LogP contribution in [0.3, 0.4) is 0 Å². The predicted octanol–water partition coefficient (Wildman–Crippen LogP) is 3.46. The number of benzene rings is 2. The number of carboxylic acids is 1. The molecule has 1 fully saturated rings. The fourth-order valence-electron chi connectivity index (χ4n) is 4.08. The van der Waals surface area contributed by atoms with Gasteiger partial charge in [0.25, 0.3) is 0 Å². The summed E-state index contributed by atoms with van der Waals surface area (Å²) in [5.41, 5.74) is 4.63. The minimum atomic E-state index is -0.846. The van der Waals surface area contributed by atoms with E-state index in [-0.39, 0.29) is 18.4 Å². The van der Waals surface area contributed by atoms with E-state index >= 15 is 0 Å². The molecule has 0 aliphatic carbocycles. The second-order valence-corrected chi connectivity index (χ2v) is 7.93. The first-order valence-electron chi connectivity index (χ1n) is 10.3. The Hall–Kier alpha value is -2.66. The molecule has 0 saturated carbocycles. The number of rotatable bonds is 7. The molecule has 0 radical (unpaired) electrons. The minimum absolute atomic E-state index is 0.0208. The zero-order chi connectivity index (χ0) is 20.8. The van der Waals surface area contributed by atoms with Crippen LogP contribution in [0.1, 0.15) is 24.5 Å². The monoisotopic (exact) mass is 394 g/mol. The molecule has 2 aromatic rings. The van der Waals surface area contributed by atoms with Crippen molar-refractivity contribution in [3.8, 4) is 11.1 Å². The molecule has 5 nitrogen and oxygen atoms in total. The Morgan fingerprint density at radius 3 is 2.52 bits per heavy atom. The highest BCUT2D eigenvalue weighted by atomic mass is 16.4. The third-order valence-electron chi connectivity index (χ3n) is 5.44. The van der Waals surface area contributed by atoms with E-state index in [9.17, 15) is 14.7 Å². The van der Waals surface area contributed by atoms with E-state index in [0.717, 1.165) is 24.1 Å². The Kier molecular flexibility index (Phi) is 7.04. The zero-order valence-electron chi connectivity index (χ0n) is 17.3. The van der Waals surface area contributed by atoms with Crippen LogP contribution in [0, 0.1) is 12.8 Å². The van der Waals surface area contributed by atoms with Crippen molar-refractivity contribution in [2.45, 2.75) is 26.7 Å². The number of hydrogen-bond donors (Lipinski definition) is 1. The van der Waals surface area contributed by atoms with Gasteiger partial charge in [-0.1, -0.05) is 61.0 Å². The number of aryl methyl sites for hydroxylation is 1. The third-order valence-corrected chi connectivity index (χ3v) is 5.44. The van der Waals surface area contributed by atoms with Crippen LogP contribution in [0.25, 0.3) is 11.1 Å². The second-order valence-electron chi connectivity index (χ2n) is 7.93. The van der Waals surface area contributed by atoms with E-state index in [1.54, 1.807) is 0 Å². The fourth-order valence-corrected chi connectivity index (χ4v) is 4.08. The summed E-state index contributed by atoms with van der Waals surface area (Å²) in [4.78, 5) is 28.1. The van der Waals surface area contributed by atoms with Crippen LogP contribution in [0.5, 0.6) is 0 Å². The van der Waals surface area contributed by atoms with E-state index in [2.05, 4.69) is 56.3 Å². The summed E-state index contributed by atoms with van der Waals surface area (Å²) in [6.45, 7) is 6.54. The lowest BCUT2D eigenvalue weighted by Gasteiger charge is -2.23. The quantitative estimate of drug-likeness (QED) is 0.781. The van der Waals surface area contributed by atoms with Gasteiger partial charge < -0.3 is 10.0 Å². The lowest BCUT2D eigenvalue weighted by Crippen LogP contribution is -2.38. The summed E-state index contributed by atoms with van der Waals surface area (Å²) < 4.78 is 0. The van der Waals surface area contributed by atoms with E-state index in [1.165, 1.54) is 11.1 Å². The molecule has 0 unspecified atom stereocenters. The number of hydrogen-bond acceptors (Lipinski definition) is 3. The van der Waals surface area contributed by atoms with E-state index in [0.29, 0.717) is 26.1 Å². The SMILES string of the molecule is CCCN1CCN(CC(=O)O)C[C@H](Cc2cccc(-c3cccc(C)c3)c2)C1=O. The first-order valence-corrected chi connectivity index (χ1v) is 10.3. The van der Waals surface area contributed by atoms with Gasteiger partial charge in [0, 0.05) is 26.2 Å². The maximum Gasteiger partial charge on any atom is 0.317 e. The number of aliphatic carboxylic acids is 1. The average molecular weight is 395 g/mol. The highest BCUT2D eigenvalue weighted by Crippen LogP contribution is 2.24. The Bertz CT molecular complexity index is 865. The molecule has 0 spiro atoms. The number of nitrogens with zero attached hydrogens (tertiary/aromatic N) is 2.